The van der Waals surface area contributed by atoms with Crippen molar-refractivity contribution in [3.63, 3.8) is 0 Å². The van der Waals surface area contributed by atoms with Gasteiger partial charge in [-0.15, -0.1) is 0 Å². The summed E-state index contributed by atoms with van der Waals surface area (Å²) in [5.74, 6) is 0.688. The Morgan fingerprint density at radius 2 is 1.28 bits per heavy atom. The van der Waals surface area contributed by atoms with Gasteiger partial charge in [0, 0.05) is 25.1 Å². The predicted octanol–water partition coefficient (Wildman–Crippen LogP) is 4.89. The first kappa shape index (κ1) is 17.3. The summed E-state index contributed by atoms with van der Waals surface area (Å²) in [6.45, 7) is 0. The second-order valence-corrected chi connectivity index (χ2v) is 6.14. The number of halogens is 1. The Bertz CT molecular complexity index is 982. The van der Waals surface area contributed by atoms with Crippen LogP contribution in [-0.2, 0) is 9.47 Å². The topological polar surface area (TPSA) is 71.1 Å². The number of ether oxygens (including phenoxy) is 4. The van der Waals surface area contributed by atoms with Crippen LogP contribution in [0, 0.1) is 3.57 Å². The lowest BCUT2D eigenvalue weighted by Crippen LogP contribution is -2.10. The van der Waals surface area contributed by atoms with Crippen LogP contribution in [0.3, 0.4) is 0 Å². The van der Waals surface area contributed by atoms with Crippen molar-refractivity contribution in [3.05, 3.63) is 46.0 Å². The highest BCUT2D eigenvalue weighted by Gasteiger charge is 2.21. The first-order valence-corrected chi connectivity index (χ1v) is 8.29. The highest BCUT2D eigenvalue weighted by molar-refractivity contribution is 14.1. The molecule has 0 unspecified atom stereocenters. The van der Waals surface area contributed by atoms with Crippen molar-refractivity contribution in [2.75, 3.05) is 14.2 Å². The Hall–Kier alpha value is -2.55. The highest BCUT2D eigenvalue weighted by Crippen LogP contribution is 2.44. The molecule has 0 heterocycles. The zero-order valence-electron chi connectivity index (χ0n) is 13.4. The Labute approximate surface area is 156 Å². The molecule has 0 saturated carbocycles. The van der Waals surface area contributed by atoms with Gasteiger partial charge in [0.2, 0.25) is 0 Å². The van der Waals surface area contributed by atoms with E-state index in [1.807, 2.05) is 12.1 Å². The summed E-state index contributed by atoms with van der Waals surface area (Å²) in [5.41, 5.74) is 0. The molecule has 0 saturated heterocycles. The minimum atomic E-state index is -0.827. The molecule has 3 aromatic rings. The van der Waals surface area contributed by atoms with E-state index in [0.29, 0.717) is 33.0 Å². The van der Waals surface area contributed by atoms with Gasteiger partial charge in [0.1, 0.15) is 0 Å². The number of methoxy groups -OCH3 is 2. The molecule has 0 spiro atoms. The van der Waals surface area contributed by atoms with Crippen molar-refractivity contribution in [3.8, 4) is 11.5 Å². The Morgan fingerprint density at radius 3 is 1.88 bits per heavy atom. The maximum absolute atomic E-state index is 11.7. The van der Waals surface area contributed by atoms with E-state index in [-0.39, 0.29) is 0 Å². The summed E-state index contributed by atoms with van der Waals surface area (Å²) in [6.07, 6.45) is -1.65. The third-order valence-corrected chi connectivity index (χ3v) is 4.50. The lowest BCUT2D eigenvalue weighted by atomic mass is 10.0. The van der Waals surface area contributed by atoms with Crippen LogP contribution in [0.2, 0.25) is 0 Å². The summed E-state index contributed by atoms with van der Waals surface area (Å²) in [5, 5.41) is 2.49. The fraction of sp³-hybridized carbons (Fsp3) is 0.111. The molecule has 0 aliphatic rings. The minimum Gasteiger partial charge on any atom is -0.437 e. The summed E-state index contributed by atoms with van der Waals surface area (Å²) >= 11 is 2.13. The van der Waals surface area contributed by atoms with E-state index >= 15 is 0 Å². The van der Waals surface area contributed by atoms with Crippen LogP contribution in [0.15, 0.2) is 42.5 Å². The Kier molecular flexibility index (Phi) is 4.93. The normalized spacial score (nSPS) is 10.5. The molecule has 3 rings (SSSR count). The van der Waals surface area contributed by atoms with Crippen LogP contribution in [-0.4, -0.2) is 26.5 Å². The molecular formula is C18H13IO6. The molecule has 0 N–H and O–H groups in total. The number of carbonyl (C=O) groups is 2. The van der Waals surface area contributed by atoms with Crippen molar-refractivity contribution in [1.82, 2.24) is 0 Å². The highest BCUT2D eigenvalue weighted by atomic mass is 127. The monoisotopic (exact) mass is 452 g/mol. The summed E-state index contributed by atoms with van der Waals surface area (Å²) in [4.78, 5) is 23.4. The van der Waals surface area contributed by atoms with Crippen molar-refractivity contribution in [2.24, 2.45) is 0 Å². The van der Waals surface area contributed by atoms with E-state index < -0.39 is 12.3 Å². The second kappa shape index (κ2) is 7.14. The lowest BCUT2D eigenvalue weighted by molar-refractivity contribution is 0.120. The van der Waals surface area contributed by atoms with Crippen LogP contribution >= 0.6 is 22.6 Å². The third kappa shape index (κ3) is 3.19. The minimum absolute atomic E-state index is 0.341. The van der Waals surface area contributed by atoms with Gasteiger partial charge >= 0.3 is 12.3 Å². The summed E-state index contributed by atoms with van der Waals surface area (Å²) in [7, 11) is 2.48. The van der Waals surface area contributed by atoms with Crippen molar-refractivity contribution in [2.45, 2.75) is 0 Å². The summed E-state index contributed by atoms with van der Waals surface area (Å²) in [6, 6.07) is 12.6. The van der Waals surface area contributed by atoms with Gasteiger partial charge in [0.05, 0.1) is 14.2 Å². The van der Waals surface area contributed by atoms with Crippen molar-refractivity contribution in [1.29, 1.82) is 0 Å². The maximum Gasteiger partial charge on any atom is 0.513 e. The van der Waals surface area contributed by atoms with Crippen molar-refractivity contribution < 1.29 is 28.5 Å². The molecule has 0 fully saturated rings. The van der Waals surface area contributed by atoms with Gasteiger partial charge in [-0.25, -0.2) is 9.59 Å². The maximum atomic E-state index is 11.7. The molecule has 0 aliphatic heterocycles. The Balaban J connectivity index is 2.43. The van der Waals surface area contributed by atoms with Gasteiger partial charge in [-0.05, 0) is 28.7 Å². The number of benzene rings is 3. The van der Waals surface area contributed by atoms with E-state index in [1.54, 1.807) is 30.3 Å². The van der Waals surface area contributed by atoms with Crippen molar-refractivity contribution >= 4 is 56.4 Å². The SMILES string of the molecule is COC(=O)Oc1c2ccccc2c(OC(=O)OC)c2c(I)cccc12. The molecule has 6 nitrogen and oxygen atoms in total. The van der Waals surface area contributed by atoms with Gasteiger partial charge in [0.15, 0.2) is 11.5 Å². The van der Waals surface area contributed by atoms with E-state index in [9.17, 15) is 9.59 Å². The van der Waals surface area contributed by atoms with Gasteiger partial charge in [0.25, 0.3) is 0 Å². The van der Waals surface area contributed by atoms with Gasteiger partial charge in [-0.3, -0.25) is 0 Å². The molecule has 0 radical (unpaired) electrons. The quantitative estimate of drug-likeness (QED) is 0.239. The van der Waals surface area contributed by atoms with Crippen LogP contribution in [0.25, 0.3) is 21.5 Å². The Morgan fingerprint density at radius 1 is 0.760 bits per heavy atom. The smallest absolute Gasteiger partial charge is 0.437 e. The number of hydrogen-bond donors (Lipinski definition) is 0. The fourth-order valence-corrected chi connectivity index (χ4v) is 3.31. The average molecular weight is 452 g/mol. The third-order valence-electron chi connectivity index (χ3n) is 3.61. The van der Waals surface area contributed by atoms with Gasteiger partial charge in [-0.2, -0.15) is 0 Å². The van der Waals surface area contributed by atoms with Crippen LogP contribution in [0.5, 0.6) is 11.5 Å². The molecule has 7 heteroatoms. The number of carbonyl (C=O) groups excluding carboxylic acids is 2. The van der Waals surface area contributed by atoms with Gasteiger partial charge < -0.3 is 18.9 Å². The molecule has 0 amide bonds. The zero-order chi connectivity index (χ0) is 18.0. The molecule has 0 aliphatic carbocycles. The average Bonchev–Trinajstić information content (AvgIpc) is 2.63. The van der Waals surface area contributed by atoms with E-state index in [1.165, 1.54) is 14.2 Å². The van der Waals surface area contributed by atoms with E-state index in [0.717, 1.165) is 3.57 Å². The number of hydrogen-bond acceptors (Lipinski definition) is 6. The number of rotatable bonds is 2. The molecule has 25 heavy (non-hydrogen) atoms. The standard InChI is InChI=1S/C18H13IO6/c1-22-17(20)24-15-10-6-3-4-7-11(10)16(25-18(21)23-2)14-12(15)8-5-9-13(14)19/h3-9H,1-2H3. The molecular weight excluding hydrogens is 439 g/mol. The van der Waals surface area contributed by atoms with E-state index in [4.69, 9.17) is 9.47 Å². The molecule has 128 valence electrons. The predicted molar refractivity (Wildman–Crippen MR) is 100 cm³/mol. The van der Waals surface area contributed by atoms with E-state index in [2.05, 4.69) is 32.1 Å². The van der Waals surface area contributed by atoms with Crippen LogP contribution in [0.4, 0.5) is 9.59 Å². The van der Waals surface area contributed by atoms with Gasteiger partial charge in [-0.1, -0.05) is 36.4 Å². The number of fused-ring (bicyclic) bond motifs is 2. The first-order valence-electron chi connectivity index (χ1n) is 7.21. The lowest BCUT2D eigenvalue weighted by Gasteiger charge is -2.16. The zero-order valence-corrected chi connectivity index (χ0v) is 15.5. The largest absolute Gasteiger partial charge is 0.513 e. The molecule has 0 bridgehead atoms. The molecule has 0 atom stereocenters. The first-order chi connectivity index (χ1) is 12.1. The summed E-state index contributed by atoms with van der Waals surface area (Å²) < 4.78 is 20.9. The molecule has 0 aromatic heterocycles. The van der Waals surface area contributed by atoms with Crippen LogP contribution in [0.1, 0.15) is 0 Å². The second-order valence-electron chi connectivity index (χ2n) is 4.98. The molecule has 3 aromatic carbocycles. The van der Waals surface area contributed by atoms with Crippen LogP contribution < -0.4 is 9.47 Å². The fourth-order valence-electron chi connectivity index (χ4n) is 2.57.